The van der Waals surface area contributed by atoms with Crippen molar-refractivity contribution in [1.29, 1.82) is 0 Å². The quantitative estimate of drug-likeness (QED) is 0.342. The number of hydrogen-bond donors (Lipinski definition) is 1. The highest BCUT2D eigenvalue weighted by Gasteiger charge is 2.31. The van der Waals surface area contributed by atoms with Gasteiger partial charge >= 0.3 is 6.18 Å². The van der Waals surface area contributed by atoms with Gasteiger partial charge in [-0.15, -0.1) is 0 Å². The third-order valence-electron chi connectivity index (χ3n) is 5.61. The van der Waals surface area contributed by atoms with E-state index in [1.807, 2.05) is 31.7 Å². The number of nitrogens with one attached hydrogen (secondary N) is 1. The summed E-state index contributed by atoms with van der Waals surface area (Å²) in [7, 11) is 0. The van der Waals surface area contributed by atoms with Crippen molar-refractivity contribution < 1.29 is 22.4 Å². The molecule has 1 aliphatic heterocycles. The molecule has 2 aromatic heterocycles. The van der Waals surface area contributed by atoms with Gasteiger partial charge in [0.15, 0.2) is 10.9 Å². The molecule has 3 aromatic rings. The number of hydrogen-bond acceptors (Lipinski definition) is 7. The van der Waals surface area contributed by atoms with Gasteiger partial charge in [-0.25, -0.2) is 9.97 Å². The predicted molar refractivity (Wildman–Crippen MR) is 134 cm³/mol. The summed E-state index contributed by atoms with van der Waals surface area (Å²) in [5.74, 6) is 1.92. The number of piperazine rings is 1. The minimum atomic E-state index is -4.36. The summed E-state index contributed by atoms with van der Waals surface area (Å²) in [6.45, 7) is 8.09. The molecule has 3 heterocycles. The number of aryl methyl sites for hydroxylation is 1. The van der Waals surface area contributed by atoms with E-state index in [9.17, 15) is 18.0 Å². The van der Waals surface area contributed by atoms with E-state index in [2.05, 4.69) is 20.2 Å². The average molecular weight is 520 g/mol. The molecule has 192 valence electrons. The molecule has 0 atom stereocenters. The van der Waals surface area contributed by atoms with Gasteiger partial charge in [-0.1, -0.05) is 17.8 Å². The molecule has 4 rings (SSSR count). The summed E-state index contributed by atoms with van der Waals surface area (Å²) >= 11 is 1.41. The molecule has 0 aliphatic carbocycles. The fraction of sp³-hybridized carbons (Fsp3) is 0.400. The van der Waals surface area contributed by atoms with Crippen LogP contribution < -0.4 is 15.1 Å². The highest BCUT2D eigenvalue weighted by atomic mass is 32.2. The first-order chi connectivity index (χ1) is 17.1. The van der Waals surface area contributed by atoms with Crippen molar-refractivity contribution in [2.45, 2.75) is 43.9 Å². The van der Waals surface area contributed by atoms with Crippen LogP contribution in [0.4, 0.5) is 24.7 Å². The Bertz CT molecular complexity index is 1210. The number of rotatable bonds is 7. The van der Waals surface area contributed by atoms with Crippen molar-refractivity contribution in [2.24, 2.45) is 0 Å². The second-order valence-electron chi connectivity index (χ2n) is 8.86. The number of alkyl halides is 3. The lowest BCUT2D eigenvalue weighted by molar-refractivity contribution is -0.137. The van der Waals surface area contributed by atoms with Crippen molar-refractivity contribution in [3.63, 3.8) is 0 Å². The molecular weight excluding hydrogens is 491 g/mol. The largest absolute Gasteiger partial charge is 0.455 e. The summed E-state index contributed by atoms with van der Waals surface area (Å²) in [5.41, 5.74) is 0.749. The van der Waals surface area contributed by atoms with Gasteiger partial charge in [0, 0.05) is 49.7 Å². The molecule has 1 saturated heterocycles. The van der Waals surface area contributed by atoms with E-state index >= 15 is 0 Å². The van der Waals surface area contributed by atoms with Crippen LogP contribution in [0, 0.1) is 6.92 Å². The Morgan fingerprint density at radius 2 is 1.81 bits per heavy atom. The molecule has 36 heavy (non-hydrogen) atoms. The van der Waals surface area contributed by atoms with E-state index < -0.39 is 11.7 Å². The first-order valence-electron chi connectivity index (χ1n) is 11.6. The Morgan fingerprint density at radius 1 is 1.08 bits per heavy atom. The van der Waals surface area contributed by atoms with Crippen molar-refractivity contribution in [2.75, 3.05) is 36.0 Å². The highest BCUT2D eigenvalue weighted by Crippen LogP contribution is 2.32. The molecule has 0 spiro atoms. The van der Waals surface area contributed by atoms with Crippen LogP contribution >= 0.6 is 11.8 Å². The van der Waals surface area contributed by atoms with Gasteiger partial charge in [0.25, 0.3) is 5.91 Å². The second kappa shape index (κ2) is 10.8. The predicted octanol–water partition coefficient (Wildman–Crippen LogP) is 5.15. The summed E-state index contributed by atoms with van der Waals surface area (Å²) < 4.78 is 44.9. The molecule has 1 amide bonds. The van der Waals surface area contributed by atoms with Crippen LogP contribution in [0.3, 0.4) is 0 Å². The zero-order valence-electron chi connectivity index (χ0n) is 20.3. The highest BCUT2D eigenvalue weighted by molar-refractivity contribution is 7.98. The first-order valence-corrected chi connectivity index (χ1v) is 12.6. The Kier molecular flexibility index (Phi) is 7.77. The number of aromatic nitrogens is 2. The van der Waals surface area contributed by atoms with Crippen molar-refractivity contribution in [3.05, 3.63) is 65.2 Å². The van der Waals surface area contributed by atoms with Crippen molar-refractivity contribution >= 4 is 29.2 Å². The molecule has 0 unspecified atom stereocenters. The van der Waals surface area contributed by atoms with Gasteiger partial charge in [-0.2, -0.15) is 13.2 Å². The lowest BCUT2D eigenvalue weighted by atomic mass is 10.1. The Labute approximate surface area is 212 Å². The molecule has 11 heteroatoms. The summed E-state index contributed by atoms with van der Waals surface area (Å²) in [6, 6.07) is 10.8. The molecule has 7 nitrogen and oxygen atoms in total. The molecule has 1 aromatic carbocycles. The van der Waals surface area contributed by atoms with E-state index in [-0.39, 0.29) is 17.7 Å². The van der Waals surface area contributed by atoms with Crippen molar-refractivity contribution in [1.82, 2.24) is 15.3 Å². The van der Waals surface area contributed by atoms with Crippen LogP contribution in [-0.2, 0) is 11.9 Å². The summed E-state index contributed by atoms with van der Waals surface area (Å²) in [6.07, 6.45) is -4.36. The third kappa shape index (κ3) is 6.51. The number of anilines is 2. The maximum absolute atomic E-state index is 13.1. The van der Waals surface area contributed by atoms with E-state index in [4.69, 9.17) is 4.42 Å². The van der Waals surface area contributed by atoms with Gasteiger partial charge in [0.1, 0.15) is 11.6 Å². The van der Waals surface area contributed by atoms with Gasteiger partial charge in [0.05, 0.1) is 11.3 Å². The standard InChI is InChI=1S/C25H28F3N5O2S/c1-16(2)29-23(34)21-8-7-20(35-21)15-36-24-30-17(3)13-22(31-24)33-11-9-32(10-12-33)19-6-4-5-18(14-19)25(26,27)28/h4-8,13-14,16H,9-12,15H2,1-3H3,(H,29,34). The number of carbonyl (C=O) groups excluding carboxylic acids is 1. The number of nitrogens with zero attached hydrogens (tertiary/aromatic N) is 4. The lowest BCUT2D eigenvalue weighted by Gasteiger charge is -2.37. The van der Waals surface area contributed by atoms with Crippen LogP contribution in [0.2, 0.25) is 0 Å². The monoisotopic (exact) mass is 519 g/mol. The van der Waals surface area contributed by atoms with Gasteiger partial charge < -0.3 is 19.5 Å². The van der Waals surface area contributed by atoms with Gasteiger partial charge in [-0.3, -0.25) is 4.79 Å². The minimum Gasteiger partial charge on any atom is -0.455 e. The van der Waals surface area contributed by atoms with E-state index in [1.54, 1.807) is 18.2 Å². The maximum Gasteiger partial charge on any atom is 0.416 e. The Balaban J connectivity index is 1.37. The fourth-order valence-electron chi connectivity index (χ4n) is 3.87. The molecule has 1 fully saturated rings. The normalized spacial score (nSPS) is 14.4. The Hall–Kier alpha value is -3.21. The van der Waals surface area contributed by atoms with Crippen molar-refractivity contribution in [3.8, 4) is 0 Å². The van der Waals surface area contributed by atoms with Crippen LogP contribution in [-0.4, -0.2) is 48.1 Å². The second-order valence-corrected chi connectivity index (χ2v) is 9.80. The van der Waals surface area contributed by atoms with Crippen LogP contribution in [0.1, 0.15) is 41.4 Å². The zero-order chi connectivity index (χ0) is 25.9. The number of amides is 1. The van der Waals surface area contributed by atoms with E-state index in [0.29, 0.717) is 48.5 Å². The minimum absolute atomic E-state index is 0.0199. The topological polar surface area (TPSA) is 74.5 Å². The Morgan fingerprint density at radius 3 is 2.50 bits per heavy atom. The average Bonchev–Trinajstić information content (AvgIpc) is 3.31. The maximum atomic E-state index is 13.1. The lowest BCUT2D eigenvalue weighted by Crippen LogP contribution is -2.47. The molecule has 1 aliphatic rings. The number of furan rings is 1. The number of carbonyl (C=O) groups is 1. The van der Waals surface area contributed by atoms with Gasteiger partial charge in [-0.05, 0) is 51.1 Å². The summed E-state index contributed by atoms with van der Waals surface area (Å²) in [5, 5.41) is 3.39. The summed E-state index contributed by atoms with van der Waals surface area (Å²) in [4.78, 5) is 25.4. The number of thioether (sulfide) groups is 1. The van der Waals surface area contributed by atoms with E-state index in [1.165, 1.54) is 23.9 Å². The first kappa shape index (κ1) is 25.9. The third-order valence-corrected chi connectivity index (χ3v) is 6.48. The number of halogens is 3. The molecule has 0 bridgehead atoms. The fourth-order valence-corrected chi connectivity index (χ4v) is 4.66. The molecular formula is C25H28F3N5O2S. The van der Waals surface area contributed by atoms with Crippen LogP contribution in [0.15, 0.2) is 52.0 Å². The van der Waals surface area contributed by atoms with Crippen LogP contribution in [0.5, 0.6) is 0 Å². The van der Waals surface area contributed by atoms with Gasteiger partial charge in [0.2, 0.25) is 0 Å². The molecule has 1 N–H and O–H groups in total. The zero-order valence-corrected chi connectivity index (χ0v) is 21.1. The molecule has 0 radical (unpaired) electrons. The molecule has 0 saturated carbocycles. The van der Waals surface area contributed by atoms with E-state index in [0.717, 1.165) is 17.6 Å². The SMILES string of the molecule is Cc1cc(N2CCN(c3cccc(C(F)(F)F)c3)CC2)nc(SCc2ccc(C(=O)NC(C)C)o2)n1. The number of benzene rings is 1. The smallest absolute Gasteiger partial charge is 0.416 e. The van der Waals surface area contributed by atoms with Crippen LogP contribution in [0.25, 0.3) is 0 Å².